The molecule has 21 heavy (non-hydrogen) atoms. The zero-order valence-electron chi connectivity index (χ0n) is 12.5. The van der Waals surface area contributed by atoms with Gasteiger partial charge in [0.05, 0.1) is 0 Å². The van der Waals surface area contributed by atoms with Crippen molar-refractivity contribution in [3.8, 4) is 0 Å². The van der Waals surface area contributed by atoms with Gasteiger partial charge in [-0.1, -0.05) is 18.2 Å². The highest BCUT2D eigenvalue weighted by molar-refractivity contribution is 5.85. The number of hydrogen-bond acceptors (Lipinski definition) is 2. The number of rotatable bonds is 5. The highest BCUT2D eigenvalue weighted by Crippen LogP contribution is 2.18. The molecule has 3 nitrogen and oxygen atoms in total. The molecule has 1 fully saturated rings. The van der Waals surface area contributed by atoms with Gasteiger partial charge in [-0.25, -0.2) is 4.39 Å². The smallest absolute Gasteiger partial charge is 0.222 e. The third-order valence-electron chi connectivity index (χ3n) is 4.02. The van der Waals surface area contributed by atoms with Crippen LogP contribution >= 0.6 is 12.4 Å². The lowest BCUT2D eigenvalue weighted by Crippen LogP contribution is -2.30. The molecule has 1 saturated heterocycles. The Labute approximate surface area is 132 Å². The summed E-state index contributed by atoms with van der Waals surface area (Å²) in [6.45, 7) is 2.46. The standard InChI is InChI=1S/C16H23FN2O.ClH/c1-19(12-14-4-2-3-5-15(14)17)16(20)7-6-13-8-10-18-11-9-13;/h2-5,13,18H,6-12H2,1H3;1H. The van der Waals surface area contributed by atoms with Gasteiger partial charge in [0.15, 0.2) is 0 Å². The summed E-state index contributed by atoms with van der Waals surface area (Å²) in [7, 11) is 1.75. The number of halogens is 2. The third kappa shape index (κ3) is 5.64. The molecule has 1 heterocycles. The van der Waals surface area contributed by atoms with Gasteiger partial charge in [-0.2, -0.15) is 0 Å². The fourth-order valence-corrected chi connectivity index (χ4v) is 2.66. The summed E-state index contributed by atoms with van der Waals surface area (Å²) >= 11 is 0. The van der Waals surface area contributed by atoms with Crippen molar-refractivity contribution in [2.24, 2.45) is 5.92 Å². The second kappa shape index (κ2) is 9.00. The van der Waals surface area contributed by atoms with Gasteiger partial charge in [0.2, 0.25) is 5.91 Å². The highest BCUT2D eigenvalue weighted by Gasteiger charge is 2.16. The fraction of sp³-hybridized carbons (Fsp3) is 0.562. The zero-order chi connectivity index (χ0) is 14.4. The Balaban J connectivity index is 0.00000220. The van der Waals surface area contributed by atoms with Crippen molar-refractivity contribution in [3.05, 3.63) is 35.6 Å². The second-order valence-corrected chi connectivity index (χ2v) is 5.57. The Hall–Kier alpha value is -1.13. The Morgan fingerprint density at radius 2 is 2.00 bits per heavy atom. The fourth-order valence-electron chi connectivity index (χ4n) is 2.66. The average molecular weight is 315 g/mol. The minimum Gasteiger partial charge on any atom is -0.341 e. The number of amides is 1. The number of carbonyl (C=O) groups is 1. The lowest BCUT2D eigenvalue weighted by Gasteiger charge is -2.23. The minimum absolute atomic E-state index is 0. The van der Waals surface area contributed by atoms with E-state index < -0.39 is 0 Å². The summed E-state index contributed by atoms with van der Waals surface area (Å²) in [5.74, 6) is 0.513. The average Bonchev–Trinajstić information content (AvgIpc) is 2.48. The van der Waals surface area contributed by atoms with Crippen molar-refractivity contribution in [1.82, 2.24) is 10.2 Å². The van der Waals surface area contributed by atoms with E-state index in [9.17, 15) is 9.18 Å². The van der Waals surface area contributed by atoms with Crippen LogP contribution in [0.15, 0.2) is 24.3 Å². The van der Waals surface area contributed by atoms with Crippen molar-refractivity contribution in [2.45, 2.75) is 32.2 Å². The zero-order valence-corrected chi connectivity index (χ0v) is 13.3. The summed E-state index contributed by atoms with van der Waals surface area (Å²) < 4.78 is 13.5. The lowest BCUT2D eigenvalue weighted by molar-refractivity contribution is -0.130. The van der Waals surface area contributed by atoms with E-state index in [1.807, 2.05) is 0 Å². The molecule has 0 aromatic heterocycles. The van der Waals surface area contributed by atoms with Gasteiger partial charge in [0.25, 0.3) is 0 Å². The molecule has 1 aromatic rings. The predicted molar refractivity (Wildman–Crippen MR) is 84.9 cm³/mol. The first-order chi connectivity index (χ1) is 9.66. The van der Waals surface area contributed by atoms with Crippen molar-refractivity contribution >= 4 is 18.3 Å². The molecular formula is C16H24ClFN2O. The van der Waals surface area contributed by atoms with Crippen molar-refractivity contribution in [2.75, 3.05) is 20.1 Å². The number of carbonyl (C=O) groups excluding carboxylic acids is 1. The maximum Gasteiger partial charge on any atom is 0.222 e. The van der Waals surface area contributed by atoms with Crippen molar-refractivity contribution in [1.29, 1.82) is 0 Å². The van der Waals surface area contributed by atoms with Gasteiger partial charge in [-0.3, -0.25) is 4.79 Å². The Bertz CT molecular complexity index is 450. The molecule has 0 aliphatic carbocycles. The largest absolute Gasteiger partial charge is 0.341 e. The van der Waals surface area contributed by atoms with Gasteiger partial charge < -0.3 is 10.2 Å². The predicted octanol–water partition coefficient (Wildman–Crippen LogP) is 2.99. The Morgan fingerprint density at radius 3 is 2.67 bits per heavy atom. The molecule has 1 N–H and O–H groups in total. The highest BCUT2D eigenvalue weighted by atomic mass is 35.5. The van der Waals surface area contributed by atoms with Gasteiger partial charge in [0.1, 0.15) is 5.82 Å². The van der Waals surface area contributed by atoms with Crippen LogP contribution in [0.25, 0.3) is 0 Å². The van der Waals surface area contributed by atoms with E-state index in [4.69, 9.17) is 0 Å². The van der Waals surface area contributed by atoms with Crippen LogP contribution in [0.2, 0.25) is 0 Å². The summed E-state index contributed by atoms with van der Waals surface area (Å²) in [5.41, 5.74) is 0.574. The Morgan fingerprint density at radius 1 is 1.33 bits per heavy atom. The van der Waals surface area contributed by atoms with Gasteiger partial charge in [0, 0.05) is 25.6 Å². The first-order valence-corrected chi connectivity index (χ1v) is 7.35. The van der Waals surface area contributed by atoms with Gasteiger partial charge in [-0.15, -0.1) is 12.4 Å². The second-order valence-electron chi connectivity index (χ2n) is 5.57. The molecule has 0 bridgehead atoms. The van der Waals surface area contributed by atoms with Crippen molar-refractivity contribution in [3.63, 3.8) is 0 Å². The molecule has 0 atom stereocenters. The first-order valence-electron chi connectivity index (χ1n) is 7.35. The van der Waals surface area contributed by atoms with Crippen LogP contribution in [0, 0.1) is 11.7 Å². The van der Waals surface area contributed by atoms with Crippen molar-refractivity contribution < 1.29 is 9.18 Å². The number of nitrogens with zero attached hydrogens (tertiary/aromatic N) is 1. The normalized spacial score (nSPS) is 15.3. The van der Waals surface area contributed by atoms with Gasteiger partial charge in [-0.05, 0) is 44.3 Å². The van der Waals surface area contributed by atoms with Crippen LogP contribution in [0.3, 0.4) is 0 Å². The number of hydrogen-bond donors (Lipinski definition) is 1. The minimum atomic E-state index is -0.245. The molecule has 1 amide bonds. The summed E-state index contributed by atoms with van der Waals surface area (Å²) in [6.07, 6.45) is 3.83. The molecule has 5 heteroatoms. The number of nitrogens with one attached hydrogen (secondary N) is 1. The van der Waals surface area contributed by atoms with E-state index in [1.54, 1.807) is 30.1 Å². The summed E-state index contributed by atoms with van der Waals surface area (Å²) in [6, 6.07) is 6.62. The van der Waals surface area contributed by atoms with E-state index in [2.05, 4.69) is 5.32 Å². The molecule has 2 rings (SSSR count). The third-order valence-corrected chi connectivity index (χ3v) is 4.02. The van der Waals surface area contributed by atoms with E-state index in [1.165, 1.54) is 6.07 Å². The number of benzene rings is 1. The molecular weight excluding hydrogens is 291 g/mol. The maximum atomic E-state index is 13.5. The Kier molecular flexibility index (Phi) is 7.68. The topological polar surface area (TPSA) is 32.3 Å². The van der Waals surface area contributed by atoms with E-state index in [-0.39, 0.29) is 24.1 Å². The van der Waals surface area contributed by atoms with Gasteiger partial charge >= 0.3 is 0 Å². The SMILES string of the molecule is CN(Cc1ccccc1F)C(=O)CCC1CCNCC1.Cl. The van der Waals surface area contributed by atoms with Crippen LogP contribution in [-0.2, 0) is 11.3 Å². The van der Waals surface area contributed by atoms with Crippen LogP contribution in [0.4, 0.5) is 4.39 Å². The summed E-state index contributed by atoms with van der Waals surface area (Å²) in [5, 5.41) is 3.33. The van der Waals surface area contributed by atoms with Crippen LogP contribution < -0.4 is 5.32 Å². The monoisotopic (exact) mass is 314 g/mol. The van der Waals surface area contributed by atoms with Crippen LogP contribution in [0.5, 0.6) is 0 Å². The van der Waals surface area contributed by atoms with E-state index in [0.29, 0.717) is 24.4 Å². The summed E-state index contributed by atoms with van der Waals surface area (Å²) in [4.78, 5) is 13.7. The lowest BCUT2D eigenvalue weighted by atomic mass is 9.93. The molecule has 0 saturated carbocycles. The maximum absolute atomic E-state index is 13.5. The molecule has 0 spiro atoms. The quantitative estimate of drug-likeness (QED) is 0.906. The molecule has 0 radical (unpaired) electrons. The van der Waals surface area contributed by atoms with Crippen LogP contribution in [-0.4, -0.2) is 30.9 Å². The number of piperidine rings is 1. The van der Waals surface area contributed by atoms with E-state index in [0.717, 1.165) is 32.4 Å². The molecule has 1 aromatic carbocycles. The first kappa shape index (κ1) is 17.9. The molecule has 0 unspecified atom stereocenters. The molecule has 118 valence electrons. The molecule has 1 aliphatic heterocycles. The van der Waals surface area contributed by atoms with Crippen LogP contribution in [0.1, 0.15) is 31.2 Å². The molecule has 1 aliphatic rings. The van der Waals surface area contributed by atoms with E-state index >= 15 is 0 Å².